The van der Waals surface area contributed by atoms with Gasteiger partial charge in [-0.05, 0) is 24.8 Å². The predicted molar refractivity (Wildman–Crippen MR) is 86.0 cm³/mol. The summed E-state index contributed by atoms with van der Waals surface area (Å²) >= 11 is 0. The maximum absolute atomic E-state index is 5.66. The number of rotatable bonds is 6. The molecule has 0 aromatic heterocycles. The minimum Gasteiger partial charge on any atom is -0.496 e. The first-order valence-corrected chi connectivity index (χ1v) is 8.03. The molecule has 22 heavy (non-hydrogen) atoms. The van der Waals surface area contributed by atoms with Crippen LogP contribution in [-0.4, -0.2) is 52.4 Å². The van der Waals surface area contributed by atoms with Gasteiger partial charge in [-0.15, -0.1) is 0 Å². The zero-order chi connectivity index (χ0) is 15.5. The third kappa shape index (κ3) is 3.01. The van der Waals surface area contributed by atoms with E-state index in [4.69, 9.17) is 14.2 Å². The van der Waals surface area contributed by atoms with Gasteiger partial charge in [0.2, 0.25) is 0 Å². The van der Waals surface area contributed by atoms with Gasteiger partial charge in [0.05, 0.1) is 21.3 Å². The van der Waals surface area contributed by atoms with Crippen molar-refractivity contribution >= 4 is 0 Å². The summed E-state index contributed by atoms with van der Waals surface area (Å²) in [6.45, 7) is 4.27. The first-order valence-electron chi connectivity index (χ1n) is 8.03. The molecule has 0 unspecified atom stereocenters. The molecule has 1 aromatic carbocycles. The lowest BCUT2D eigenvalue weighted by molar-refractivity contribution is 0.153. The van der Waals surface area contributed by atoms with Gasteiger partial charge in [0.15, 0.2) is 11.5 Å². The number of methoxy groups -OCH3 is 3. The molecule has 122 valence electrons. The van der Waals surface area contributed by atoms with Crippen LogP contribution < -0.4 is 19.5 Å². The first kappa shape index (κ1) is 15.4. The van der Waals surface area contributed by atoms with Crippen molar-refractivity contribution < 1.29 is 14.2 Å². The van der Waals surface area contributed by atoms with Crippen LogP contribution in [0.2, 0.25) is 0 Å². The van der Waals surface area contributed by atoms with Crippen molar-refractivity contribution in [1.82, 2.24) is 10.2 Å². The van der Waals surface area contributed by atoms with Crippen LogP contribution in [0.5, 0.6) is 17.2 Å². The largest absolute Gasteiger partial charge is 0.496 e. The van der Waals surface area contributed by atoms with E-state index in [1.165, 1.54) is 18.4 Å². The zero-order valence-corrected chi connectivity index (χ0v) is 13.7. The van der Waals surface area contributed by atoms with Gasteiger partial charge < -0.3 is 19.5 Å². The highest BCUT2D eigenvalue weighted by atomic mass is 16.5. The third-order valence-electron chi connectivity index (χ3n) is 4.67. The summed E-state index contributed by atoms with van der Waals surface area (Å²) in [5.41, 5.74) is 1.23. The molecular weight excluding hydrogens is 280 g/mol. The number of benzene rings is 1. The molecule has 1 saturated carbocycles. The summed E-state index contributed by atoms with van der Waals surface area (Å²) in [5.74, 6) is 3.12. The van der Waals surface area contributed by atoms with Gasteiger partial charge >= 0.3 is 0 Å². The van der Waals surface area contributed by atoms with E-state index in [1.54, 1.807) is 21.3 Å². The Balaban J connectivity index is 1.98. The molecule has 3 rings (SSSR count). The van der Waals surface area contributed by atoms with E-state index in [0.29, 0.717) is 6.04 Å². The fourth-order valence-electron chi connectivity index (χ4n) is 3.41. The van der Waals surface area contributed by atoms with Crippen LogP contribution in [0.15, 0.2) is 12.1 Å². The molecule has 5 nitrogen and oxygen atoms in total. The molecule has 1 saturated heterocycles. The second-order valence-corrected chi connectivity index (χ2v) is 6.02. The van der Waals surface area contributed by atoms with Crippen LogP contribution in [0, 0.1) is 5.92 Å². The molecule has 1 aliphatic heterocycles. The van der Waals surface area contributed by atoms with E-state index in [-0.39, 0.29) is 0 Å². The summed E-state index contributed by atoms with van der Waals surface area (Å²) in [6, 6.07) is 4.46. The van der Waals surface area contributed by atoms with Gasteiger partial charge in [0, 0.05) is 43.9 Å². The average molecular weight is 306 g/mol. The quantitative estimate of drug-likeness (QED) is 0.871. The van der Waals surface area contributed by atoms with Crippen LogP contribution in [0.4, 0.5) is 0 Å². The Labute approximate surface area is 132 Å². The molecule has 5 heteroatoms. The summed E-state index contributed by atoms with van der Waals surface area (Å²) in [5, 5.41) is 3.43. The highest BCUT2D eigenvalue weighted by Gasteiger charge is 2.38. The van der Waals surface area contributed by atoms with Crippen molar-refractivity contribution in [1.29, 1.82) is 0 Å². The first-order chi connectivity index (χ1) is 10.8. The maximum atomic E-state index is 5.66. The SMILES string of the molecule is COc1cc(OC)c([C@H](C2CC2)N2CCNCC2)cc1OC. The van der Waals surface area contributed by atoms with Gasteiger partial charge in [-0.3, -0.25) is 4.90 Å². The third-order valence-corrected chi connectivity index (χ3v) is 4.67. The molecule has 1 atom stereocenters. The second-order valence-electron chi connectivity index (χ2n) is 6.02. The monoisotopic (exact) mass is 306 g/mol. The normalized spacial score (nSPS) is 20.5. The highest BCUT2D eigenvalue weighted by Crippen LogP contribution is 2.49. The Kier molecular flexibility index (Phi) is 4.74. The number of nitrogens with zero attached hydrogens (tertiary/aromatic N) is 1. The van der Waals surface area contributed by atoms with E-state index in [2.05, 4.69) is 16.3 Å². The molecule has 0 spiro atoms. The minimum atomic E-state index is 0.414. The molecule has 2 aliphatic rings. The van der Waals surface area contributed by atoms with Crippen LogP contribution in [0.3, 0.4) is 0 Å². The molecule has 1 N–H and O–H groups in total. The van der Waals surface area contributed by atoms with Crippen molar-refractivity contribution in [2.45, 2.75) is 18.9 Å². The van der Waals surface area contributed by atoms with Gasteiger partial charge in [0.1, 0.15) is 5.75 Å². The summed E-state index contributed by atoms with van der Waals surface area (Å²) in [7, 11) is 5.07. The van der Waals surface area contributed by atoms with Gasteiger partial charge in [0.25, 0.3) is 0 Å². The molecule has 1 aromatic rings. The number of nitrogens with one attached hydrogen (secondary N) is 1. The lowest BCUT2D eigenvalue weighted by Crippen LogP contribution is -2.45. The minimum absolute atomic E-state index is 0.414. The Morgan fingerprint density at radius 2 is 1.55 bits per heavy atom. The smallest absolute Gasteiger partial charge is 0.164 e. The fraction of sp³-hybridized carbons (Fsp3) is 0.647. The van der Waals surface area contributed by atoms with Crippen molar-refractivity contribution in [3.63, 3.8) is 0 Å². The average Bonchev–Trinajstić information content (AvgIpc) is 3.40. The van der Waals surface area contributed by atoms with E-state index in [1.807, 2.05) is 6.07 Å². The second kappa shape index (κ2) is 6.75. The lowest BCUT2D eigenvalue weighted by atomic mass is 9.98. The van der Waals surface area contributed by atoms with Gasteiger partial charge in [-0.25, -0.2) is 0 Å². The Hall–Kier alpha value is -1.46. The Bertz CT molecular complexity index is 511. The maximum Gasteiger partial charge on any atom is 0.164 e. The van der Waals surface area contributed by atoms with Crippen LogP contribution in [0.25, 0.3) is 0 Å². The van der Waals surface area contributed by atoms with Crippen LogP contribution in [0.1, 0.15) is 24.4 Å². The van der Waals surface area contributed by atoms with Crippen LogP contribution in [-0.2, 0) is 0 Å². The van der Waals surface area contributed by atoms with Gasteiger partial charge in [-0.1, -0.05) is 0 Å². The van der Waals surface area contributed by atoms with E-state index < -0.39 is 0 Å². The van der Waals surface area contributed by atoms with E-state index >= 15 is 0 Å². The zero-order valence-electron chi connectivity index (χ0n) is 13.7. The molecule has 0 radical (unpaired) electrons. The standard InChI is InChI=1S/C17H26N2O3/c1-20-14-11-16(22-3)15(21-2)10-13(14)17(12-4-5-12)19-8-6-18-7-9-19/h10-12,17-18H,4-9H2,1-3H3/t17-/m0/s1. The van der Waals surface area contributed by atoms with Crippen molar-refractivity contribution in [2.24, 2.45) is 5.92 Å². The van der Waals surface area contributed by atoms with E-state index in [0.717, 1.165) is 49.3 Å². The molecule has 0 amide bonds. The molecular formula is C17H26N2O3. The number of piperazine rings is 1. The summed E-state index contributed by atoms with van der Waals surface area (Å²) < 4.78 is 16.6. The van der Waals surface area contributed by atoms with Crippen LogP contribution >= 0.6 is 0 Å². The van der Waals surface area contributed by atoms with Gasteiger partial charge in [-0.2, -0.15) is 0 Å². The summed E-state index contributed by atoms with van der Waals surface area (Å²) in [4.78, 5) is 2.58. The molecule has 1 heterocycles. The van der Waals surface area contributed by atoms with Crippen molar-refractivity contribution in [3.8, 4) is 17.2 Å². The number of ether oxygens (including phenoxy) is 3. The molecule has 0 bridgehead atoms. The Morgan fingerprint density at radius 1 is 0.955 bits per heavy atom. The topological polar surface area (TPSA) is 43.0 Å². The summed E-state index contributed by atoms with van der Waals surface area (Å²) in [6.07, 6.45) is 2.60. The lowest BCUT2D eigenvalue weighted by Gasteiger charge is -2.36. The number of hydrogen-bond acceptors (Lipinski definition) is 5. The van der Waals surface area contributed by atoms with E-state index in [9.17, 15) is 0 Å². The predicted octanol–water partition coefficient (Wildman–Crippen LogP) is 2.07. The van der Waals surface area contributed by atoms with Crippen molar-refractivity contribution in [2.75, 3.05) is 47.5 Å². The Morgan fingerprint density at radius 3 is 2.09 bits per heavy atom. The van der Waals surface area contributed by atoms with Crippen molar-refractivity contribution in [3.05, 3.63) is 17.7 Å². The molecule has 1 aliphatic carbocycles. The molecule has 2 fully saturated rings. The fourth-order valence-corrected chi connectivity index (χ4v) is 3.41. The highest BCUT2D eigenvalue weighted by molar-refractivity contribution is 5.52. The number of hydrogen-bond donors (Lipinski definition) is 1.